The quantitative estimate of drug-likeness (QED) is 0.680. The molecule has 1 N–H and O–H groups in total. The molecule has 1 atom stereocenters. The van der Waals surface area contributed by atoms with Gasteiger partial charge in [-0.2, -0.15) is 0 Å². The van der Waals surface area contributed by atoms with Crippen molar-refractivity contribution in [2.24, 2.45) is 5.92 Å². The first kappa shape index (κ1) is 10.8. The van der Waals surface area contributed by atoms with Crippen LogP contribution in [-0.2, 0) is 4.79 Å². The number of hydrogen-bond donors (Lipinski definition) is 1. The van der Waals surface area contributed by atoms with Gasteiger partial charge in [0.05, 0.1) is 0 Å². The third kappa shape index (κ3) is 2.58. The van der Waals surface area contributed by atoms with Crippen molar-refractivity contribution in [2.75, 3.05) is 19.6 Å². The van der Waals surface area contributed by atoms with E-state index in [0.717, 1.165) is 32.5 Å². The van der Waals surface area contributed by atoms with Crippen LogP contribution in [0.2, 0.25) is 0 Å². The van der Waals surface area contributed by atoms with E-state index in [4.69, 9.17) is 0 Å². The zero-order valence-corrected chi connectivity index (χ0v) is 8.77. The topological polar surface area (TPSA) is 32.3 Å². The van der Waals surface area contributed by atoms with Gasteiger partial charge in [0.1, 0.15) is 0 Å². The fourth-order valence-corrected chi connectivity index (χ4v) is 1.72. The molecule has 1 unspecified atom stereocenters. The first-order valence-corrected chi connectivity index (χ1v) is 4.79. The van der Waals surface area contributed by atoms with Crippen molar-refractivity contribution in [3.63, 3.8) is 0 Å². The zero-order valence-electron chi connectivity index (χ0n) is 7.95. The van der Waals surface area contributed by atoms with Crippen LogP contribution in [0, 0.1) is 5.92 Å². The summed E-state index contributed by atoms with van der Waals surface area (Å²) in [5.41, 5.74) is 0. The van der Waals surface area contributed by atoms with E-state index in [0.29, 0.717) is 17.9 Å². The van der Waals surface area contributed by atoms with E-state index in [1.54, 1.807) is 0 Å². The third-order valence-corrected chi connectivity index (χ3v) is 2.61. The molecule has 13 heavy (non-hydrogen) atoms. The highest BCUT2D eigenvalue weighted by molar-refractivity contribution is 5.85. The minimum Gasteiger partial charge on any atom is -0.340 e. The lowest BCUT2D eigenvalue weighted by Crippen LogP contribution is -2.51. The number of nitrogens with one attached hydrogen (secondary N) is 1. The van der Waals surface area contributed by atoms with Gasteiger partial charge in [-0.05, 0) is 19.8 Å². The van der Waals surface area contributed by atoms with E-state index >= 15 is 0 Å². The third-order valence-electron chi connectivity index (χ3n) is 2.61. The van der Waals surface area contributed by atoms with Gasteiger partial charge < -0.3 is 10.2 Å². The molecule has 1 heterocycles. The molecule has 4 heteroatoms. The summed E-state index contributed by atoms with van der Waals surface area (Å²) in [5, 5.41) is 3.33. The summed E-state index contributed by atoms with van der Waals surface area (Å²) in [7, 11) is 0. The Hall–Kier alpha value is -0.280. The van der Waals surface area contributed by atoms with E-state index in [-0.39, 0.29) is 12.4 Å². The van der Waals surface area contributed by atoms with Crippen molar-refractivity contribution in [2.45, 2.75) is 25.8 Å². The summed E-state index contributed by atoms with van der Waals surface area (Å²) >= 11 is 0. The summed E-state index contributed by atoms with van der Waals surface area (Å²) in [6.07, 6.45) is 2.24. The second kappa shape index (κ2) is 4.29. The van der Waals surface area contributed by atoms with Gasteiger partial charge in [-0.15, -0.1) is 12.4 Å². The lowest BCUT2D eigenvalue weighted by molar-refractivity contribution is -0.133. The summed E-state index contributed by atoms with van der Waals surface area (Å²) in [5.74, 6) is 0.777. The fourth-order valence-electron chi connectivity index (χ4n) is 1.72. The van der Waals surface area contributed by atoms with Crippen molar-refractivity contribution in [3.8, 4) is 0 Å². The Labute approximate surface area is 85.3 Å². The van der Waals surface area contributed by atoms with Crippen LogP contribution in [0.5, 0.6) is 0 Å². The van der Waals surface area contributed by atoms with Crippen LogP contribution in [0.3, 0.4) is 0 Å². The molecule has 0 aromatic rings. The first-order valence-electron chi connectivity index (χ1n) is 4.79. The second-order valence-electron chi connectivity index (χ2n) is 3.91. The van der Waals surface area contributed by atoms with Crippen molar-refractivity contribution in [3.05, 3.63) is 0 Å². The van der Waals surface area contributed by atoms with Crippen molar-refractivity contribution < 1.29 is 4.79 Å². The van der Waals surface area contributed by atoms with Gasteiger partial charge in [0, 0.05) is 31.6 Å². The standard InChI is InChI=1S/C9H16N2O.ClH/c1-7-6-11(5-4-10-7)9(12)8-2-3-8;/h7-8,10H,2-6H2,1H3;1H. The molecule has 1 amide bonds. The molecule has 2 aliphatic rings. The van der Waals surface area contributed by atoms with Gasteiger partial charge in [0.15, 0.2) is 0 Å². The summed E-state index contributed by atoms with van der Waals surface area (Å²) in [4.78, 5) is 13.6. The fraction of sp³-hybridized carbons (Fsp3) is 0.889. The van der Waals surface area contributed by atoms with E-state index < -0.39 is 0 Å². The number of nitrogens with zero attached hydrogens (tertiary/aromatic N) is 1. The lowest BCUT2D eigenvalue weighted by atomic mass is 10.2. The predicted octanol–water partition coefficient (Wildman–Crippen LogP) is 0.638. The number of rotatable bonds is 1. The van der Waals surface area contributed by atoms with Gasteiger partial charge in [0.25, 0.3) is 0 Å². The van der Waals surface area contributed by atoms with Crippen molar-refractivity contribution in [1.82, 2.24) is 10.2 Å². The molecule has 3 nitrogen and oxygen atoms in total. The molecule has 0 radical (unpaired) electrons. The highest BCUT2D eigenvalue weighted by Crippen LogP contribution is 2.31. The van der Waals surface area contributed by atoms with Crippen LogP contribution < -0.4 is 5.32 Å². The number of amides is 1. The van der Waals surface area contributed by atoms with Crippen molar-refractivity contribution >= 4 is 18.3 Å². The van der Waals surface area contributed by atoms with Crippen LogP contribution in [0.15, 0.2) is 0 Å². The van der Waals surface area contributed by atoms with Gasteiger partial charge >= 0.3 is 0 Å². The molecule has 0 spiro atoms. The Morgan fingerprint density at radius 1 is 1.46 bits per heavy atom. The van der Waals surface area contributed by atoms with Gasteiger partial charge in [-0.1, -0.05) is 0 Å². The highest BCUT2D eigenvalue weighted by atomic mass is 35.5. The Bertz CT molecular complexity index is 194. The molecule has 0 aromatic heterocycles. The molecule has 2 fully saturated rings. The number of carbonyl (C=O) groups excluding carboxylic acids is 1. The van der Waals surface area contributed by atoms with E-state index in [9.17, 15) is 4.79 Å². The molecule has 0 aromatic carbocycles. The average Bonchev–Trinajstić information content (AvgIpc) is 2.85. The van der Waals surface area contributed by atoms with Gasteiger partial charge in [0.2, 0.25) is 5.91 Å². The maximum absolute atomic E-state index is 11.6. The summed E-state index contributed by atoms with van der Waals surface area (Å²) < 4.78 is 0. The monoisotopic (exact) mass is 204 g/mol. The molecule has 1 aliphatic heterocycles. The number of carbonyl (C=O) groups is 1. The summed E-state index contributed by atoms with van der Waals surface area (Å²) in [6, 6.07) is 0.474. The van der Waals surface area contributed by atoms with E-state index in [2.05, 4.69) is 12.2 Å². The molecule has 1 saturated carbocycles. The van der Waals surface area contributed by atoms with Gasteiger partial charge in [-0.25, -0.2) is 0 Å². The zero-order chi connectivity index (χ0) is 8.55. The number of hydrogen-bond acceptors (Lipinski definition) is 2. The maximum Gasteiger partial charge on any atom is 0.225 e. The number of piperazine rings is 1. The molecule has 1 saturated heterocycles. The van der Waals surface area contributed by atoms with Crippen LogP contribution >= 0.6 is 12.4 Å². The van der Waals surface area contributed by atoms with E-state index in [1.165, 1.54) is 0 Å². The van der Waals surface area contributed by atoms with Gasteiger partial charge in [-0.3, -0.25) is 4.79 Å². The Morgan fingerprint density at radius 3 is 2.69 bits per heavy atom. The average molecular weight is 205 g/mol. The Balaban J connectivity index is 0.000000845. The highest BCUT2D eigenvalue weighted by Gasteiger charge is 2.34. The minimum atomic E-state index is 0. The first-order chi connectivity index (χ1) is 5.77. The molecule has 76 valence electrons. The molecular weight excluding hydrogens is 188 g/mol. The largest absolute Gasteiger partial charge is 0.340 e. The van der Waals surface area contributed by atoms with Crippen LogP contribution in [0.1, 0.15) is 19.8 Å². The van der Waals surface area contributed by atoms with Crippen LogP contribution in [-0.4, -0.2) is 36.5 Å². The summed E-state index contributed by atoms with van der Waals surface area (Å²) in [6.45, 7) is 4.89. The van der Waals surface area contributed by atoms with Crippen molar-refractivity contribution in [1.29, 1.82) is 0 Å². The lowest BCUT2D eigenvalue weighted by Gasteiger charge is -2.32. The Kier molecular flexibility index (Phi) is 3.56. The smallest absolute Gasteiger partial charge is 0.225 e. The molecular formula is C9H17ClN2O. The number of halogens is 1. The SMILES string of the molecule is CC1CN(C(=O)C2CC2)CCN1.Cl. The van der Waals surface area contributed by atoms with E-state index in [1.807, 2.05) is 4.90 Å². The minimum absolute atomic E-state index is 0. The van der Waals surface area contributed by atoms with Crippen LogP contribution in [0.25, 0.3) is 0 Å². The Morgan fingerprint density at radius 2 is 2.15 bits per heavy atom. The maximum atomic E-state index is 11.6. The predicted molar refractivity (Wildman–Crippen MR) is 54.0 cm³/mol. The molecule has 1 aliphatic carbocycles. The molecule has 2 rings (SSSR count). The van der Waals surface area contributed by atoms with Crippen LogP contribution in [0.4, 0.5) is 0 Å². The second-order valence-corrected chi connectivity index (χ2v) is 3.91. The normalized spacial score (nSPS) is 28.1. The molecule has 0 bridgehead atoms.